The third-order valence-electron chi connectivity index (χ3n) is 6.60. The molecule has 1 aliphatic rings. The minimum absolute atomic E-state index is 0.216. The summed E-state index contributed by atoms with van der Waals surface area (Å²) in [7, 11) is 3.25. The summed E-state index contributed by atoms with van der Waals surface area (Å²) in [5.41, 5.74) is 5.50. The van der Waals surface area contributed by atoms with E-state index in [1.165, 1.54) is 6.07 Å². The summed E-state index contributed by atoms with van der Waals surface area (Å²) in [6.45, 7) is 4.07. The highest BCUT2D eigenvalue weighted by Gasteiger charge is 2.43. The fourth-order valence-electron chi connectivity index (χ4n) is 5.01. The highest BCUT2D eigenvalue weighted by atomic mass is 32.1. The first-order valence-corrected chi connectivity index (χ1v) is 12.0. The predicted molar refractivity (Wildman–Crippen MR) is 143 cm³/mol. The fraction of sp³-hybridized carbons (Fsp3) is 0.214. The molecule has 0 unspecified atom stereocenters. The van der Waals surface area contributed by atoms with Crippen molar-refractivity contribution in [3.05, 3.63) is 101 Å². The van der Waals surface area contributed by atoms with Gasteiger partial charge in [-0.1, -0.05) is 12.1 Å². The van der Waals surface area contributed by atoms with Crippen molar-refractivity contribution in [1.29, 1.82) is 0 Å². The SMILES string of the molecule is COc1ccc(N2C(=S)N[C@H](c3ccccn3)[C@H]2c2cc(C)n(-c3cccc(F)c3)c2C)c(OC)c1. The molecule has 0 bridgehead atoms. The van der Waals surface area contributed by atoms with Crippen LogP contribution in [0.5, 0.6) is 11.5 Å². The molecule has 2 aromatic heterocycles. The monoisotopic (exact) mass is 502 g/mol. The molecule has 3 heterocycles. The number of halogens is 1. The summed E-state index contributed by atoms with van der Waals surface area (Å²) in [5, 5.41) is 4.06. The Balaban J connectivity index is 1.70. The number of benzene rings is 2. The van der Waals surface area contributed by atoms with Crippen LogP contribution in [0.1, 0.15) is 34.7 Å². The summed E-state index contributed by atoms with van der Waals surface area (Å²) < 4.78 is 27.3. The van der Waals surface area contributed by atoms with Crippen LogP contribution in [0.15, 0.2) is 72.9 Å². The fourth-order valence-corrected chi connectivity index (χ4v) is 5.35. The van der Waals surface area contributed by atoms with Crippen molar-refractivity contribution < 1.29 is 13.9 Å². The average Bonchev–Trinajstić information content (AvgIpc) is 3.38. The van der Waals surface area contributed by atoms with Crippen LogP contribution in [0.3, 0.4) is 0 Å². The molecule has 2 atom stereocenters. The number of rotatable bonds is 6. The molecule has 0 amide bonds. The normalized spacial score (nSPS) is 17.2. The standard InChI is InChI=1S/C28H27FN4O2S/c1-17-14-22(18(2)32(17)20-9-7-8-19(29)15-20)27-26(23-10-5-6-13-30-23)31-28(36)33(27)24-12-11-21(34-3)16-25(24)35-4/h5-16,26-27H,1-4H3,(H,31,36)/t26-,27-/m1/s1. The molecule has 0 aliphatic carbocycles. The summed E-state index contributed by atoms with van der Waals surface area (Å²) >= 11 is 5.88. The van der Waals surface area contributed by atoms with Crippen LogP contribution in [0.25, 0.3) is 5.69 Å². The van der Waals surface area contributed by atoms with Gasteiger partial charge in [-0.3, -0.25) is 4.98 Å². The highest BCUT2D eigenvalue weighted by molar-refractivity contribution is 7.80. The number of anilines is 1. The molecule has 8 heteroatoms. The lowest BCUT2D eigenvalue weighted by atomic mass is 9.96. The van der Waals surface area contributed by atoms with E-state index in [9.17, 15) is 4.39 Å². The Labute approximate surface area is 215 Å². The van der Waals surface area contributed by atoms with Crippen molar-refractivity contribution in [2.75, 3.05) is 19.1 Å². The van der Waals surface area contributed by atoms with Gasteiger partial charge in [0.15, 0.2) is 5.11 Å². The van der Waals surface area contributed by atoms with Crippen LogP contribution in [-0.2, 0) is 0 Å². The highest BCUT2D eigenvalue weighted by Crippen LogP contribution is 2.46. The first kappa shape index (κ1) is 23.8. The van der Waals surface area contributed by atoms with Crippen LogP contribution in [0.2, 0.25) is 0 Å². The maximum absolute atomic E-state index is 14.1. The number of hydrogen-bond donors (Lipinski definition) is 1. The summed E-state index contributed by atoms with van der Waals surface area (Å²) in [6.07, 6.45) is 1.78. The van der Waals surface area contributed by atoms with Crippen molar-refractivity contribution in [2.45, 2.75) is 25.9 Å². The van der Waals surface area contributed by atoms with E-state index in [0.717, 1.165) is 34.0 Å². The van der Waals surface area contributed by atoms with Crippen molar-refractivity contribution in [2.24, 2.45) is 0 Å². The van der Waals surface area contributed by atoms with E-state index in [4.69, 9.17) is 21.7 Å². The van der Waals surface area contributed by atoms with E-state index in [1.807, 2.05) is 56.3 Å². The molecule has 4 aromatic rings. The maximum Gasteiger partial charge on any atom is 0.174 e. The Bertz CT molecular complexity index is 1420. The minimum Gasteiger partial charge on any atom is -0.497 e. The van der Waals surface area contributed by atoms with E-state index in [0.29, 0.717) is 16.6 Å². The molecule has 1 aliphatic heterocycles. The zero-order valence-corrected chi connectivity index (χ0v) is 21.3. The molecular weight excluding hydrogens is 475 g/mol. The van der Waals surface area contributed by atoms with Crippen molar-refractivity contribution >= 4 is 23.0 Å². The molecule has 1 saturated heterocycles. The van der Waals surface area contributed by atoms with Crippen LogP contribution in [0, 0.1) is 19.7 Å². The zero-order chi connectivity index (χ0) is 25.4. The quantitative estimate of drug-likeness (QED) is 0.335. The number of aryl methyl sites for hydroxylation is 1. The number of methoxy groups -OCH3 is 2. The Kier molecular flexibility index (Phi) is 6.36. The van der Waals surface area contributed by atoms with Crippen LogP contribution in [0.4, 0.5) is 10.1 Å². The molecule has 1 fully saturated rings. The van der Waals surface area contributed by atoms with Crippen LogP contribution in [-0.4, -0.2) is 28.9 Å². The van der Waals surface area contributed by atoms with E-state index < -0.39 is 0 Å². The van der Waals surface area contributed by atoms with Crippen molar-refractivity contribution in [3.8, 4) is 17.2 Å². The van der Waals surface area contributed by atoms with E-state index >= 15 is 0 Å². The van der Waals surface area contributed by atoms with Gasteiger partial charge < -0.3 is 24.3 Å². The number of hydrogen-bond acceptors (Lipinski definition) is 4. The molecule has 6 nitrogen and oxygen atoms in total. The predicted octanol–water partition coefficient (Wildman–Crippen LogP) is 5.82. The van der Waals surface area contributed by atoms with Crippen LogP contribution < -0.4 is 19.7 Å². The molecule has 2 aromatic carbocycles. The van der Waals surface area contributed by atoms with Gasteiger partial charge in [0.25, 0.3) is 0 Å². The smallest absolute Gasteiger partial charge is 0.174 e. The van der Waals surface area contributed by atoms with Crippen molar-refractivity contribution in [3.63, 3.8) is 0 Å². The molecule has 184 valence electrons. The third-order valence-corrected chi connectivity index (χ3v) is 6.91. The van der Waals surface area contributed by atoms with E-state index in [1.54, 1.807) is 32.5 Å². The summed E-state index contributed by atoms with van der Waals surface area (Å²) in [5.74, 6) is 1.06. The lowest BCUT2D eigenvalue weighted by molar-refractivity contribution is 0.394. The summed E-state index contributed by atoms with van der Waals surface area (Å²) in [4.78, 5) is 6.72. The second-order valence-corrected chi connectivity index (χ2v) is 9.06. The molecule has 5 rings (SSSR count). The lowest BCUT2D eigenvalue weighted by Crippen LogP contribution is -2.30. The van der Waals surface area contributed by atoms with Gasteiger partial charge in [-0.05, 0) is 80.2 Å². The Morgan fingerprint density at radius 1 is 0.972 bits per heavy atom. The van der Waals surface area contributed by atoms with E-state index in [2.05, 4.69) is 25.8 Å². The minimum atomic E-state index is -0.277. The van der Waals surface area contributed by atoms with Gasteiger partial charge >= 0.3 is 0 Å². The van der Waals surface area contributed by atoms with Gasteiger partial charge in [-0.25, -0.2) is 4.39 Å². The molecule has 0 spiro atoms. The molecule has 0 radical (unpaired) electrons. The second kappa shape index (κ2) is 9.62. The van der Waals surface area contributed by atoms with Gasteiger partial charge in [0.2, 0.25) is 0 Å². The molecule has 36 heavy (non-hydrogen) atoms. The van der Waals surface area contributed by atoms with Crippen molar-refractivity contribution in [1.82, 2.24) is 14.9 Å². The van der Waals surface area contributed by atoms with Gasteiger partial charge in [-0.2, -0.15) is 0 Å². The number of ether oxygens (including phenoxy) is 2. The van der Waals surface area contributed by atoms with Gasteiger partial charge in [0, 0.05) is 29.3 Å². The Hall–Kier alpha value is -3.91. The Morgan fingerprint density at radius 3 is 2.50 bits per heavy atom. The number of nitrogens with one attached hydrogen (secondary N) is 1. The number of thiocarbonyl (C=S) groups is 1. The first-order chi connectivity index (χ1) is 17.4. The molecule has 0 saturated carbocycles. The third kappa shape index (κ3) is 4.07. The molecular formula is C28H27FN4O2S. The van der Waals surface area contributed by atoms with Crippen LogP contribution >= 0.6 is 12.2 Å². The number of nitrogens with zero attached hydrogens (tertiary/aromatic N) is 3. The van der Waals surface area contributed by atoms with Gasteiger partial charge in [0.1, 0.15) is 17.3 Å². The topological polar surface area (TPSA) is 51.5 Å². The maximum atomic E-state index is 14.1. The lowest BCUT2D eigenvalue weighted by Gasteiger charge is -2.29. The first-order valence-electron chi connectivity index (χ1n) is 11.6. The van der Waals surface area contributed by atoms with E-state index in [-0.39, 0.29) is 17.9 Å². The zero-order valence-electron chi connectivity index (χ0n) is 20.5. The number of pyridine rings is 1. The van der Waals surface area contributed by atoms with Gasteiger partial charge in [0.05, 0.1) is 37.7 Å². The Morgan fingerprint density at radius 2 is 1.81 bits per heavy atom. The molecule has 1 N–H and O–H groups in total. The van der Waals surface area contributed by atoms with Gasteiger partial charge in [-0.15, -0.1) is 0 Å². The largest absolute Gasteiger partial charge is 0.497 e. The second-order valence-electron chi connectivity index (χ2n) is 8.68. The average molecular weight is 503 g/mol. The number of aromatic nitrogens is 2. The summed E-state index contributed by atoms with van der Waals surface area (Å²) in [6, 6.07) is 19.9.